The molecule has 0 atom stereocenters. The Morgan fingerprint density at radius 1 is 0.366 bits per heavy atom. The zero-order chi connectivity index (χ0) is 29.9. The van der Waals surface area contributed by atoms with E-state index < -0.39 is 0 Å². The second-order valence-electron chi connectivity index (χ2n) is 13.4. The third-order valence-electron chi connectivity index (χ3n) is 9.06. The van der Waals surface area contributed by atoms with E-state index in [1.807, 2.05) is 6.08 Å². The van der Waals surface area contributed by atoms with Crippen molar-refractivity contribution in [1.29, 1.82) is 5.41 Å². The Kier molecular flexibility index (Phi) is 34.7. The zero-order valence-electron chi connectivity index (χ0n) is 28.7. The van der Waals surface area contributed by atoms with Crippen LogP contribution in [0.15, 0.2) is 11.6 Å². The normalized spacial score (nSPS) is 11.3. The molecular formula is C39H78N2. The van der Waals surface area contributed by atoms with Crippen molar-refractivity contribution in [3.8, 4) is 0 Å². The summed E-state index contributed by atoms with van der Waals surface area (Å²) in [5.74, 6) is 0.244. The van der Waals surface area contributed by atoms with Gasteiger partial charge in [0.25, 0.3) is 0 Å². The van der Waals surface area contributed by atoms with Crippen LogP contribution in [0.5, 0.6) is 0 Å². The lowest BCUT2D eigenvalue weighted by molar-refractivity contribution is 0.526. The molecule has 3 N–H and O–H groups in total. The van der Waals surface area contributed by atoms with Crippen molar-refractivity contribution < 1.29 is 0 Å². The smallest absolute Gasteiger partial charge is 0.115 e. The Hall–Kier alpha value is -0.790. The van der Waals surface area contributed by atoms with Gasteiger partial charge in [0.2, 0.25) is 0 Å². The van der Waals surface area contributed by atoms with Crippen LogP contribution in [0.2, 0.25) is 0 Å². The van der Waals surface area contributed by atoms with Crippen LogP contribution in [0.3, 0.4) is 0 Å². The van der Waals surface area contributed by atoms with E-state index >= 15 is 0 Å². The fourth-order valence-electron chi connectivity index (χ4n) is 6.29. The van der Waals surface area contributed by atoms with E-state index in [0.717, 1.165) is 12.8 Å². The largest absolute Gasteiger partial charge is 0.384 e. The monoisotopic (exact) mass is 575 g/mol. The maximum absolute atomic E-state index is 7.72. The maximum Gasteiger partial charge on any atom is 0.115 e. The van der Waals surface area contributed by atoms with Crippen molar-refractivity contribution in [3.05, 3.63) is 11.6 Å². The van der Waals surface area contributed by atoms with E-state index in [1.54, 1.807) is 0 Å². The first kappa shape index (κ1) is 40.2. The zero-order valence-corrected chi connectivity index (χ0v) is 28.7. The topological polar surface area (TPSA) is 49.9 Å². The fourth-order valence-corrected chi connectivity index (χ4v) is 6.29. The second kappa shape index (κ2) is 35.4. The SMILES string of the molecule is CCCCCCCCCCCCCCCCCCC(=CC(=N)N)CCCCCCCCCCCCCCCCCC. The van der Waals surface area contributed by atoms with Crippen LogP contribution in [0, 0.1) is 5.41 Å². The van der Waals surface area contributed by atoms with Gasteiger partial charge in [-0.05, 0) is 31.8 Å². The Morgan fingerprint density at radius 3 is 0.756 bits per heavy atom. The highest BCUT2D eigenvalue weighted by atomic mass is 14.7. The molecule has 0 heterocycles. The molecule has 0 amide bonds. The molecule has 2 heteroatoms. The van der Waals surface area contributed by atoms with E-state index in [2.05, 4.69) is 13.8 Å². The van der Waals surface area contributed by atoms with Crippen molar-refractivity contribution in [3.63, 3.8) is 0 Å². The minimum Gasteiger partial charge on any atom is -0.384 e. The number of nitrogens with one attached hydrogen (secondary N) is 1. The quantitative estimate of drug-likeness (QED) is 0.0441. The molecule has 0 aliphatic rings. The Morgan fingerprint density at radius 2 is 0.561 bits per heavy atom. The number of unbranched alkanes of at least 4 members (excludes halogenated alkanes) is 30. The number of rotatable bonds is 35. The summed E-state index contributed by atoms with van der Waals surface area (Å²) in [5, 5.41) is 7.72. The number of amidine groups is 1. The van der Waals surface area contributed by atoms with Gasteiger partial charge in [-0.15, -0.1) is 0 Å². The summed E-state index contributed by atoms with van der Waals surface area (Å²) in [5.41, 5.74) is 7.15. The van der Waals surface area contributed by atoms with Crippen LogP contribution in [0.1, 0.15) is 232 Å². The summed E-state index contributed by atoms with van der Waals surface area (Å²) >= 11 is 0. The summed E-state index contributed by atoms with van der Waals surface area (Å²) in [6, 6.07) is 0. The molecule has 0 saturated carbocycles. The summed E-state index contributed by atoms with van der Waals surface area (Å²) < 4.78 is 0. The van der Waals surface area contributed by atoms with Gasteiger partial charge in [-0.3, -0.25) is 5.41 Å². The summed E-state index contributed by atoms with van der Waals surface area (Å²) in [4.78, 5) is 0. The molecule has 0 saturated heterocycles. The van der Waals surface area contributed by atoms with Gasteiger partial charge < -0.3 is 5.73 Å². The number of hydrogen-bond donors (Lipinski definition) is 2. The Bertz CT molecular complexity index is 500. The Balaban J connectivity index is 3.49. The first-order valence-electron chi connectivity index (χ1n) is 19.2. The van der Waals surface area contributed by atoms with Crippen molar-refractivity contribution >= 4 is 5.84 Å². The van der Waals surface area contributed by atoms with Crippen LogP contribution < -0.4 is 5.73 Å². The van der Waals surface area contributed by atoms with Crippen LogP contribution in [-0.4, -0.2) is 5.84 Å². The van der Waals surface area contributed by atoms with Gasteiger partial charge in [-0.25, -0.2) is 0 Å². The van der Waals surface area contributed by atoms with Crippen LogP contribution in [-0.2, 0) is 0 Å². The Labute approximate surface area is 260 Å². The van der Waals surface area contributed by atoms with E-state index in [1.165, 1.54) is 211 Å². The average molecular weight is 575 g/mol. The van der Waals surface area contributed by atoms with E-state index in [-0.39, 0.29) is 5.84 Å². The summed E-state index contributed by atoms with van der Waals surface area (Å²) in [6.45, 7) is 4.60. The lowest BCUT2D eigenvalue weighted by Gasteiger charge is -2.08. The van der Waals surface area contributed by atoms with Crippen LogP contribution in [0.4, 0.5) is 0 Å². The summed E-state index contributed by atoms with van der Waals surface area (Å²) in [7, 11) is 0. The molecular weight excluding hydrogens is 496 g/mol. The van der Waals surface area contributed by atoms with Gasteiger partial charge in [-0.1, -0.05) is 212 Å². The molecule has 0 fully saturated rings. The average Bonchev–Trinajstić information content (AvgIpc) is 2.96. The minimum atomic E-state index is 0.244. The number of hydrogen-bond acceptors (Lipinski definition) is 1. The molecule has 0 unspecified atom stereocenters. The standard InChI is InChI=1S/C39H78N2/c1-3-5-7-9-11-13-15-17-19-21-23-25-27-29-31-33-35-38(37-39(40)41)36-34-32-30-28-26-24-22-20-18-16-14-12-10-8-6-4-2/h37H,3-36H2,1-2H3,(H3,40,41). The lowest BCUT2D eigenvalue weighted by Crippen LogP contribution is -2.06. The molecule has 0 aliphatic carbocycles. The molecule has 0 bridgehead atoms. The van der Waals surface area contributed by atoms with E-state index in [0.29, 0.717) is 0 Å². The van der Waals surface area contributed by atoms with Gasteiger partial charge >= 0.3 is 0 Å². The highest BCUT2D eigenvalue weighted by Gasteiger charge is 2.01. The van der Waals surface area contributed by atoms with Crippen LogP contribution >= 0.6 is 0 Å². The second-order valence-corrected chi connectivity index (χ2v) is 13.4. The molecule has 0 aliphatic heterocycles. The van der Waals surface area contributed by atoms with Gasteiger partial charge in [0.15, 0.2) is 0 Å². The summed E-state index contributed by atoms with van der Waals surface area (Å²) in [6.07, 6.45) is 49.6. The van der Waals surface area contributed by atoms with Crippen LogP contribution in [0.25, 0.3) is 0 Å². The van der Waals surface area contributed by atoms with Gasteiger partial charge in [0.1, 0.15) is 5.84 Å². The predicted molar refractivity (Wildman–Crippen MR) is 188 cm³/mol. The minimum absolute atomic E-state index is 0.244. The third kappa shape index (κ3) is 35.3. The van der Waals surface area contributed by atoms with Gasteiger partial charge in [-0.2, -0.15) is 0 Å². The van der Waals surface area contributed by atoms with Crippen molar-refractivity contribution in [2.75, 3.05) is 0 Å². The molecule has 0 aromatic heterocycles. The highest BCUT2D eigenvalue weighted by Crippen LogP contribution is 2.20. The van der Waals surface area contributed by atoms with Crippen molar-refractivity contribution in [2.45, 2.75) is 232 Å². The van der Waals surface area contributed by atoms with Gasteiger partial charge in [0, 0.05) is 0 Å². The third-order valence-corrected chi connectivity index (χ3v) is 9.06. The van der Waals surface area contributed by atoms with Gasteiger partial charge in [0.05, 0.1) is 0 Å². The molecule has 0 radical (unpaired) electrons. The number of allylic oxidation sites excluding steroid dienone is 1. The first-order valence-corrected chi connectivity index (χ1v) is 19.2. The molecule has 41 heavy (non-hydrogen) atoms. The number of nitrogens with two attached hydrogens (primary N) is 1. The molecule has 2 nitrogen and oxygen atoms in total. The maximum atomic E-state index is 7.72. The molecule has 0 aromatic rings. The molecule has 0 spiro atoms. The predicted octanol–water partition coefficient (Wildman–Crippen LogP) is 14.2. The van der Waals surface area contributed by atoms with Crippen molar-refractivity contribution in [1.82, 2.24) is 0 Å². The molecule has 0 aromatic carbocycles. The first-order chi connectivity index (χ1) is 20.2. The molecule has 244 valence electrons. The fraction of sp³-hybridized carbons (Fsp3) is 0.923. The van der Waals surface area contributed by atoms with Crippen molar-refractivity contribution in [2.24, 2.45) is 5.73 Å². The van der Waals surface area contributed by atoms with E-state index in [4.69, 9.17) is 11.1 Å². The van der Waals surface area contributed by atoms with E-state index in [9.17, 15) is 0 Å². The highest BCUT2D eigenvalue weighted by molar-refractivity contribution is 5.89. The molecule has 0 rings (SSSR count). The lowest BCUT2D eigenvalue weighted by atomic mass is 9.98.